The zero-order valence-electron chi connectivity index (χ0n) is 33.5. The predicted octanol–water partition coefficient (Wildman–Crippen LogP) is 8.20. The third-order valence-corrected chi connectivity index (χ3v) is 11.2. The molecule has 2 saturated carbocycles. The Labute approximate surface area is 344 Å². The summed E-state index contributed by atoms with van der Waals surface area (Å²) in [6, 6.07) is 33.0. The lowest BCUT2D eigenvalue weighted by Crippen LogP contribution is -2.65. The maximum atomic E-state index is 14.8. The molecule has 2 fully saturated rings. The predicted molar refractivity (Wildman–Crippen MR) is 218 cm³/mol. The van der Waals surface area contributed by atoms with Crippen molar-refractivity contribution in [2.24, 2.45) is 29.6 Å². The van der Waals surface area contributed by atoms with Gasteiger partial charge in [0, 0.05) is 32.1 Å². The van der Waals surface area contributed by atoms with Crippen molar-refractivity contribution in [1.82, 2.24) is 9.80 Å². The van der Waals surface area contributed by atoms with Gasteiger partial charge in [-0.15, -0.1) is 0 Å². The Bertz CT molecular complexity index is 2030. The summed E-state index contributed by atoms with van der Waals surface area (Å²) in [6.45, 7) is 4.54. The highest BCUT2D eigenvalue weighted by Crippen LogP contribution is 2.50. The first-order chi connectivity index (χ1) is 28.6. The van der Waals surface area contributed by atoms with E-state index in [1.165, 1.54) is 9.80 Å². The monoisotopic (exact) mass is 804 g/mol. The van der Waals surface area contributed by atoms with E-state index in [2.05, 4.69) is 0 Å². The number of nitrogens with zero attached hydrogens (tertiary/aromatic N) is 2. The number of aliphatic carboxylic acids is 2. The Balaban J connectivity index is 1.28. The number of carboxylic acid groups (broad SMARTS) is 2. The molecule has 2 aliphatic rings. The largest absolute Gasteiger partial charge is 0.481 e. The zero-order chi connectivity index (χ0) is 41.9. The molecule has 12 nitrogen and oxygen atoms in total. The van der Waals surface area contributed by atoms with Crippen molar-refractivity contribution in [3.8, 4) is 23.0 Å². The molecule has 5 atom stereocenters. The summed E-state index contributed by atoms with van der Waals surface area (Å²) in [5.74, 6) is -8.89. The van der Waals surface area contributed by atoms with Gasteiger partial charge in [0.05, 0.1) is 23.7 Å². The SMILES string of the molecule is CCCN(Cc1ccc(Oc2ccccc2)cc1)C(=O)[C@@H]1[C@H](C(=O)O)[C@@H](C(=O)OC(C(=O)O)C2CCCC2)[C@H]1C(=O)N(CCC)Cc1ccc(Oc2ccccc2)cc1. The molecule has 4 aromatic rings. The lowest BCUT2D eigenvalue weighted by Gasteiger charge is -2.49. The molecule has 0 aliphatic heterocycles. The zero-order valence-corrected chi connectivity index (χ0v) is 33.5. The van der Waals surface area contributed by atoms with Crippen molar-refractivity contribution < 1.29 is 48.4 Å². The van der Waals surface area contributed by atoms with Crippen LogP contribution in [0.15, 0.2) is 109 Å². The smallest absolute Gasteiger partial charge is 0.345 e. The van der Waals surface area contributed by atoms with Gasteiger partial charge >= 0.3 is 17.9 Å². The number of ether oxygens (including phenoxy) is 3. The second-order valence-corrected chi connectivity index (χ2v) is 15.3. The lowest BCUT2D eigenvalue weighted by molar-refractivity contribution is -0.196. The van der Waals surface area contributed by atoms with Crippen molar-refractivity contribution in [1.29, 1.82) is 0 Å². The summed E-state index contributed by atoms with van der Waals surface area (Å²) in [4.78, 5) is 72.2. The van der Waals surface area contributed by atoms with E-state index in [4.69, 9.17) is 14.2 Å². The molecule has 2 aliphatic carbocycles. The maximum absolute atomic E-state index is 14.8. The minimum absolute atomic E-state index is 0.116. The van der Waals surface area contributed by atoms with E-state index in [0.717, 1.165) is 24.0 Å². The summed E-state index contributed by atoms with van der Waals surface area (Å²) >= 11 is 0. The van der Waals surface area contributed by atoms with Crippen molar-refractivity contribution >= 4 is 29.7 Å². The normalized spacial score (nSPS) is 19.2. The van der Waals surface area contributed by atoms with Crippen LogP contribution in [0.3, 0.4) is 0 Å². The number of rotatable bonds is 19. The van der Waals surface area contributed by atoms with E-state index < -0.39 is 65.4 Å². The van der Waals surface area contributed by atoms with E-state index in [0.29, 0.717) is 48.7 Å². The third kappa shape index (κ3) is 10.5. The molecular weight excluding hydrogens is 753 g/mol. The summed E-state index contributed by atoms with van der Waals surface area (Å²) in [7, 11) is 0. The van der Waals surface area contributed by atoms with Crippen molar-refractivity contribution in [3.63, 3.8) is 0 Å². The van der Waals surface area contributed by atoms with Crippen LogP contribution in [0.25, 0.3) is 0 Å². The minimum atomic E-state index is -1.61. The number of benzene rings is 4. The molecule has 4 aromatic carbocycles. The Morgan fingerprint density at radius 3 is 1.37 bits per heavy atom. The molecule has 12 heteroatoms. The van der Waals surface area contributed by atoms with Gasteiger partial charge in [-0.25, -0.2) is 4.79 Å². The van der Waals surface area contributed by atoms with Crippen LogP contribution in [0.5, 0.6) is 23.0 Å². The molecule has 0 aromatic heterocycles. The van der Waals surface area contributed by atoms with Gasteiger partial charge in [0.2, 0.25) is 17.9 Å². The van der Waals surface area contributed by atoms with Gasteiger partial charge in [0.1, 0.15) is 23.0 Å². The average molecular weight is 805 g/mol. The number of hydrogen-bond donors (Lipinski definition) is 2. The number of para-hydroxylation sites is 2. The van der Waals surface area contributed by atoms with Crippen molar-refractivity contribution in [3.05, 3.63) is 120 Å². The molecule has 59 heavy (non-hydrogen) atoms. The first-order valence-corrected chi connectivity index (χ1v) is 20.4. The van der Waals surface area contributed by atoms with Gasteiger partial charge in [-0.2, -0.15) is 0 Å². The Morgan fingerprint density at radius 1 is 0.576 bits per heavy atom. The van der Waals surface area contributed by atoms with Gasteiger partial charge in [-0.05, 0) is 85.3 Å². The van der Waals surface area contributed by atoms with Gasteiger partial charge in [0.15, 0.2) is 0 Å². The van der Waals surface area contributed by atoms with E-state index >= 15 is 0 Å². The molecule has 6 rings (SSSR count). The van der Waals surface area contributed by atoms with Crippen LogP contribution < -0.4 is 9.47 Å². The van der Waals surface area contributed by atoms with Gasteiger partial charge in [0.25, 0.3) is 0 Å². The summed E-state index contributed by atoms with van der Waals surface area (Å²) in [6.07, 6.45) is 2.26. The highest BCUT2D eigenvalue weighted by Gasteiger charge is 2.65. The van der Waals surface area contributed by atoms with Crippen LogP contribution in [0.4, 0.5) is 0 Å². The number of carbonyl (C=O) groups is 5. The summed E-state index contributed by atoms with van der Waals surface area (Å²) < 4.78 is 17.5. The van der Waals surface area contributed by atoms with Gasteiger partial charge in [-0.1, -0.05) is 87.4 Å². The molecule has 310 valence electrons. The van der Waals surface area contributed by atoms with Crippen LogP contribution >= 0.6 is 0 Å². The molecule has 2 N–H and O–H groups in total. The fourth-order valence-corrected chi connectivity index (χ4v) is 8.29. The summed E-state index contributed by atoms with van der Waals surface area (Å²) in [5, 5.41) is 20.7. The maximum Gasteiger partial charge on any atom is 0.345 e. The van der Waals surface area contributed by atoms with Crippen molar-refractivity contribution in [2.75, 3.05) is 13.1 Å². The van der Waals surface area contributed by atoms with E-state index in [1.807, 2.05) is 98.8 Å². The van der Waals surface area contributed by atoms with Crippen LogP contribution in [0, 0.1) is 29.6 Å². The molecule has 0 bridgehead atoms. The van der Waals surface area contributed by atoms with Crippen LogP contribution in [-0.4, -0.2) is 68.9 Å². The molecular formula is C47H52N2O10. The second-order valence-electron chi connectivity index (χ2n) is 15.3. The number of carboxylic acids is 2. The molecule has 0 spiro atoms. The highest BCUT2D eigenvalue weighted by molar-refractivity contribution is 6.00. The van der Waals surface area contributed by atoms with E-state index in [1.54, 1.807) is 24.3 Å². The van der Waals surface area contributed by atoms with Crippen LogP contribution in [0.1, 0.15) is 63.5 Å². The first-order valence-electron chi connectivity index (χ1n) is 20.4. The summed E-state index contributed by atoms with van der Waals surface area (Å²) in [5.41, 5.74) is 1.51. The van der Waals surface area contributed by atoms with Gasteiger partial charge in [-0.3, -0.25) is 19.2 Å². The standard InChI is InChI=1S/C47H52N2O10/c1-3-27-48(29-31-19-23-36(24-20-31)57-34-15-7-5-8-16-34)43(50)38-39(41(40(38)45(52)53)47(56)59-42(46(54)55)33-13-11-12-14-33)44(51)49(28-4-2)30-32-21-25-37(26-22-32)58-35-17-9-6-10-18-35/h5-10,15-26,33,38-42H,3-4,11-14,27-30H2,1-2H3,(H,52,53)(H,54,55)/t38-,39-,40-,41-,42?/m0/s1. The molecule has 1 unspecified atom stereocenters. The quantitative estimate of drug-likeness (QED) is 0.0885. The fourth-order valence-electron chi connectivity index (χ4n) is 8.29. The lowest BCUT2D eigenvalue weighted by atomic mass is 9.55. The molecule has 0 saturated heterocycles. The van der Waals surface area contributed by atoms with E-state index in [9.17, 15) is 34.2 Å². The van der Waals surface area contributed by atoms with Crippen LogP contribution in [-0.2, 0) is 41.8 Å². The molecule has 0 heterocycles. The molecule has 2 amide bonds. The average Bonchev–Trinajstić information content (AvgIpc) is 3.76. The second kappa shape index (κ2) is 20.0. The number of amides is 2. The van der Waals surface area contributed by atoms with Crippen molar-refractivity contribution in [2.45, 2.75) is 71.6 Å². The Kier molecular flexibility index (Phi) is 14.4. The first kappa shape index (κ1) is 42.4. The Hall–Kier alpha value is -6.17. The topological polar surface area (TPSA) is 160 Å². The highest BCUT2D eigenvalue weighted by atomic mass is 16.6. The molecule has 0 radical (unpaired) electrons. The third-order valence-electron chi connectivity index (χ3n) is 11.2. The number of hydrogen-bond acceptors (Lipinski definition) is 8. The van der Waals surface area contributed by atoms with E-state index in [-0.39, 0.29) is 26.2 Å². The number of esters is 1. The minimum Gasteiger partial charge on any atom is -0.481 e. The Morgan fingerprint density at radius 2 is 0.983 bits per heavy atom. The fraction of sp³-hybridized carbons (Fsp3) is 0.383. The van der Waals surface area contributed by atoms with Gasteiger partial charge < -0.3 is 34.2 Å². The van der Waals surface area contributed by atoms with Crippen LogP contribution in [0.2, 0.25) is 0 Å². The number of carbonyl (C=O) groups excluding carboxylic acids is 3.